The van der Waals surface area contributed by atoms with Crippen LogP contribution in [0.15, 0.2) is 373 Å². The van der Waals surface area contributed by atoms with Crippen molar-refractivity contribution < 1.29 is 4.39 Å². The van der Waals surface area contributed by atoms with E-state index in [0.717, 1.165) is 101 Å². The molecule has 0 aliphatic heterocycles. The van der Waals surface area contributed by atoms with E-state index in [1.165, 1.54) is 32.9 Å². The summed E-state index contributed by atoms with van der Waals surface area (Å²) in [4.78, 5) is 125. The molecule has 0 aliphatic carbocycles. The van der Waals surface area contributed by atoms with Crippen molar-refractivity contribution in [3.05, 3.63) is 446 Å². The number of hydrogen-bond donors (Lipinski definition) is 3. The Bertz CT molecular complexity index is 8480. The second-order valence-corrected chi connectivity index (χ2v) is 38.2. The van der Waals surface area contributed by atoms with Gasteiger partial charge in [0.05, 0.1) is 44.5 Å². The number of aromatic nitrogens is 16. The maximum Gasteiger partial charge on any atom is 0.331 e. The highest BCUT2D eigenvalue weighted by atomic mass is 19.1. The number of benzene rings is 8. The van der Waals surface area contributed by atoms with Crippen LogP contribution in [0.2, 0.25) is 0 Å². The van der Waals surface area contributed by atoms with E-state index in [2.05, 4.69) is 160 Å². The van der Waals surface area contributed by atoms with E-state index in [-0.39, 0.29) is 104 Å². The minimum Gasteiger partial charge on any atom is -0.341 e. The van der Waals surface area contributed by atoms with Gasteiger partial charge < -0.3 is 39.1 Å². The third kappa shape index (κ3) is 24.2. The van der Waals surface area contributed by atoms with Crippen molar-refractivity contribution in [1.82, 2.24) is 74.7 Å². The van der Waals surface area contributed by atoms with Gasteiger partial charge in [-0.2, -0.15) is 0 Å². The molecule has 0 radical (unpaired) electrons. The number of nitrogens with one attached hydrogen (secondary N) is 3. The highest BCUT2D eigenvalue weighted by Crippen LogP contribution is 2.37. The Morgan fingerprint density at radius 2 is 0.587 bits per heavy atom. The fourth-order valence-electron chi connectivity index (χ4n) is 18.3. The van der Waals surface area contributed by atoms with Crippen LogP contribution in [0.4, 0.5) is 50.4 Å². The molecule has 150 heavy (non-hydrogen) atoms. The molecule has 0 unspecified atom stereocenters. The van der Waals surface area contributed by atoms with Crippen molar-refractivity contribution in [2.75, 3.05) is 27.9 Å². The standard InChI is InChI=1S/C30H31N5O2.C29H28FN5O2.2C29H29N5O2.4CH4/c1-21(2)18-35-27-25(29(36)33(4)30(35)37)20-34(28(27)32(3)24-10-6-5-7-11-24)19-22-13-15-23(16-14-22)26-12-8-9-17-31-26;1-19(2)16-35-26-24(28(36)33(3)29(35)37)18-34(27(26)32-23-8-6-7-22(30)15-23)17-20-10-12-21(13-11-20)25-9-4-5-14-31-25;1-20(2)17-34-26-24(28(35)32(3)29(34)36)19-33(27(26)31-23-9-5-4-6-10-23)18-21-12-14-22(15-13-21)25-11-7-8-16-30-25;1-20(2)17-34-25-19-33(18-21-12-14-22(15-13-21)24-11-7-8-16-30-24)27(31-23-9-5-4-6-10-23)26(25)28(35)32(3)29(34)36;;;;/h5-17,20-21H,18-19H2,1-4H3;4-15,18-19,32H,16-17H2,1-3H3;2*4-16,19-20,31H,17-18H2,1-3H3;4*1H4. The molecular formula is C121H133FN20O8. The Labute approximate surface area is 871 Å². The van der Waals surface area contributed by atoms with Crippen molar-refractivity contribution in [1.29, 1.82) is 0 Å². The number of rotatable bonds is 28. The summed E-state index contributed by atoms with van der Waals surface area (Å²) < 4.78 is 33.6. The molecule has 28 nitrogen and oxygen atoms in total. The number of anilines is 8. The first-order chi connectivity index (χ1) is 70.5. The maximum atomic E-state index is 14.0. The van der Waals surface area contributed by atoms with Gasteiger partial charge in [-0.05, 0) is 149 Å². The lowest BCUT2D eigenvalue weighted by molar-refractivity contribution is 0.502. The van der Waals surface area contributed by atoms with Crippen LogP contribution in [0.3, 0.4) is 0 Å². The lowest BCUT2D eigenvalue weighted by Crippen LogP contribution is -2.38. The van der Waals surface area contributed by atoms with Gasteiger partial charge in [0.1, 0.15) is 51.0 Å². The van der Waals surface area contributed by atoms with Crippen molar-refractivity contribution >= 4 is 89.6 Å². The maximum absolute atomic E-state index is 14.0. The second-order valence-electron chi connectivity index (χ2n) is 38.2. The van der Waals surface area contributed by atoms with Crippen molar-refractivity contribution in [3.8, 4) is 45.0 Å². The van der Waals surface area contributed by atoms with Gasteiger partial charge in [-0.1, -0.05) is 267 Å². The largest absolute Gasteiger partial charge is 0.341 e. The van der Waals surface area contributed by atoms with Crippen LogP contribution in [0.25, 0.3) is 88.6 Å². The fraction of sp³-hybridized carbons (Fsp3) is 0.240. The molecule has 0 fully saturated rings. The predicted octanol–water partition coefficient (Wildman–Crippen LogP) is 22.8. The smallest absolute Gasteiger partial charge is 0.331 e. The first-order valence-electron chi connectivity index (χ1n) is 48.8. The lowest BCUT2D eigenvalue weighted by atomic mass is 10.1. The van der Waals surface area contributed by atoms with E-state index in [4.69, 9.17) is 0 Å². The van der Waals surface area contributed by atoms with Crippen LogP contribution < -0.4 is 65.8 Å². The number of fused-ring (bicyclic) bond motifs is 4. The molecule has 0 saturated carbocycles. The molecular weight excluding hydrogens is 1880 g/mol. The summed E-state index contributed by atoms with van der Waals surface area (Å²) in [5.74, 6) is 3.26. The highest BCUT2D eigenvalue weighted by Gasteiger charge is 2.28. The van der Waals surface area contributed by atoms with E-state index < -0.39 is 0 Å². The number of para-hydroxylation sites is 3. The van der Waals surface area contributed by atoms with Crippen molar-refractivity contribution in [2.24, 2.45) is 51.9 Å². The molecule has 20 aromatic rings. The van der Waals surface area contributed by atoms with E-state index in [9.17, 15) is 42.7 Å². The monoisotopic (exact) mass is 2010 g/mol. The predicted molar refractivity (Wildman–Crippen MR) is 611 cm³/mol. The first-order valence-corrected chi connectivity index (χ1v) is 48.8. The molecule has 0 atom stereocenters. The number of pyridine rings is 4. The van der Waals surface area contributed by atoms with Crippen LogP contribution >= 0.6 is 0 Å². The average Bonchev–Trinajstić information content (AvgIpc) is 1.59. The molecule has 3 N–H and O–H groups in total. The highest BCUT2D eigenvalue weighted by molar-refractivity contribution is 5.96. The van der Waals surface area contributed by atoms with Crippen molar-refractivity contribution in [2.45, 2.75) is 137 Å². The lowest BCUT2D eigenvalue weighted by Gasteiger charge is -2.24. The van der Waals surface area contributed by atoms with E-state index >= 15 is 0 Å². The van der Waals surface area contributed by atoms with Gasteiger partial charge in [0.25, 0.3) is 22.2 Å². The minimum absolute atomic E-state index is 0. The quantitative estimate of drug-likeness (QED) is 0.0411. The zero-order chi connectivity index (χ0) is 103. The third-order valence-electron chi connectivity index (χ3n) is 25.4. The summed E-state index contributed by atoms with van der Waals surface area (Å²) in [5, 5.41) is 12.2. The average molecular weight is 2010 g/mol. The Balaban J connectivity index is 0.000000165. The van der Waals surface area contributed by atoms with Crippen LogP contribution in [-0.2, 0) is 80.5 Å². The third-order valence-corrected chi connectivity index (χ3v) is 25.4. The normalized spacial score (nSPS) is 11.1. The molecule has 0 amide bonds. The zero-order valence-corrected chi connectivity index (χ0v) is 84.0. The number of nitrogens with zero attached hydrogens (tertiary/aromatic N) is 17. The van der Waals surface area contributed by atoms with Crippen LogP contribution in [-0.4, -0.2) is 81.8 Å². The summed E-state index contributed by atoms with van der Waals surface area (Å²) in [5.41, 5.74) is 15.1. The molecule has 0 saturated heterocycles. The van der Waals surface area contributed by atoms with Gasteiger partial charge >= 0.3 is 22.8 Å². The minimum atomic E-state index is -0.383. The molecule has 20 rings (SSSR count). The summed E-state index contributed by atoms with van der Waals surface area (Å²) in [7, 11) is 8.11. The number of halogens is 1. The summed E-state index contributed by atoms with van der Waals surface area (Å²) in [6.07, 6.45) is 14.5. The molecule has 0 spiro atoms. The second kappa shape index (κ2) is 48.6. The first kappa shape index (κ1) is 110. The van der Waals surface area contributed by atoms with Crippen LogP contribution in [0.1, 0.15) is 107 Å². The Kier molecular flexibility index (Phi) is 35.5. The Morgan fingerprint density at radius 3 is 0.933 bits per heavy atom. The topological polar surface area (TPSA) is 287 Å². The molecule has 12 aromatic heterocycles. The molecule has 29 heteroatoms. The van der Waals surface area contributed by atoms with E-state index in [1.807, 2.05) is 241 Å². The van der Waals surface area contributed by atoms with Gasteiger partial charge in [-0.15, -0.1) is 0 Å². The summed E-state index contributed by atoms with van der Waals surface area (Å²) >= 11 is 0. The summed E-state index contributed by atoms with van der Waals surface area (Å²) in [6.45, 7) is 20.5. The van der Waals surface area contributed by atoms with E-state index in [0.29, 0.717) is 113 Å². The van der Waals surface area contributed by atoms with Crippen LogP contribution in [0.5, 0.6) is 0 Å². The molecule has 772 valence electrons. The molecule has 0 aliphatic rings. The molecule has 8 aromatic carbocycles. The van der Waals surface area contributed by atoms with Gasteiger partial charge in [0.2, 0.25) is 0 Å². The summed E-state index contributed by atoms with van der Waals surface area (Å²) in [6, 6.07) is 91.9. The van der Waals surface area contributed by atoms with Gasteiger partial charge in [0.15, 0.2) is 0 Å². The Hall–Kier alpha value is -17.6. The van der Waals surface area contributed by atoms with Crippen LogP contribution in [0, 0.1) is 29.5 Å². The molecule has 0 bridgehead atoms. The molecule has 12 heterocycles. The van der Waals surface area contributed by atoms with Gasteiger partial charge in [-0.3, -0.25) is 75.7 Å². The fourth-order valence-corrected chi connectivity index (χ4v) is 18.3. The number of hydrogen-bond acceptors (Lipinski definition) is 16. The van der Waals surface area contributed by atoms with Gasteiger partial charge in [-0.25, -0.2) is 23.6 Å². The zero-order valence-electron chi connectivity index (χ0n) is 84.0. The van der Waals surface area contributed by atoms with E-state index in [1.54, 1.807) is 82.5 Å². The Morgan fingerprint density at radius 1 is 0.300 bits per heavy atom. The SMILES string of the molecule is C.C.C.C.CC(C)Cn1c(=O)n(C)c(=O)c2c(Nc3ccccc3)n(Cc3ccc(-c4ccccn4)cc3)cc21.CC(C)Cn1c(=O)n(C)c(=O)c2cn(Cc3ccc(-c4ccccn4)cc3)c(N(C)c3ccccc3)c21.CC(C)Cn1c(=O)n(C)c(=O)c2cn(Cc3ccc(-c4ccccn4)cc3)c(Nc3cccc(F)c3)c21.CC(C)Cn1c(=O)n(C)c(=O)c2cn(Cc3ccc(-c4ccccn4)cc3)c(Nc3ccccc3)c21. The van der Waals surface area contributed by atoms with Crippen molar-refractivity contribution in [3.63, 3.8) is 0 Å². The van der Waals surface area contributed by atoms with Gasteiger partial charge in [0, 0.05) is 182 Å².